The van der Waals surface area contributed by atoms with E-state index in [0.29, 0.717) is 0 Å². The van der Waals surface area contributed by atoms with Gasteiger partial charge >= 0.3 is 6.03 Å². The number of hydrogen-bond donors (Lipinski definition) is 1. The van der Waals surface area contributed by atoms with E-state index >= 15 is 0 Å². The second kappa shape index (κ2) is 6.87. The van der Waals surface area contributed by atoms with E-state index < -0.39 is 0 Å². The van der Waals surface area contributed by atoms with Crippen molar-refractivity contribution in [2.24, 2.45) is 5.41 Å². The molecule has 0 saturated heterocycles. The first kappa shape index (κ1) is 18.6. The summed E-state index contributed by atoms with van der Waals surface area (Å²) in [5.41, 5.74) is -0.0456. The molecule has 1 N–H and O–H groups in total. The predicted molar refractivity (Wildman–Crippen MR) is 76.3 cm³/mol. The highest BCUT2D eigenvalue weighted by Gasteiger charge is 2.27. The molecule has 1 unspecified atom stereocenters. The quantitative estimate of drug-likeness (QED) is 0.745. The number of nitrogens with one attached hydrogen (secondary N) is 1. The van der Waals surface area contributed by atoms with Crippen molar-refractivity contribution >= 4 is 6.03 Å². The van der Waals surface area contributed by atoms with Crippen molar-refractivity contribution in [1.82, 2.24) is 10.2 Å². The lowest BCUT2D eigenvalue weighted by Gasteiger charge is -2.35. The molecule has 0 rings (SSSR count). The first-order valence-electron chi connectivity index (χ1n) is 6.50. The average molecular weight is 244 g/mol. The van der Waals surface area contributed by atoms with Gasteiger partial charge in [0, 0.05) is 18.6 Å². The number of urea groups is 1. The van der Waals surface area contributed by atoms with E-state index in [4.69, 9.17) is 0 Å². The maximum Gasteiger partial charge on any atom is 0.317 e. The number of hydrogen-bond acceptors (Lipinski definition) is 1. The van der Waals surface area contributed by atoms with Gasteiger partial charge in [0.2, 0.25) is 0 Å². The van der Waals surface area contributed by atoms with Crippen molar-refractivity contribution < 1.29 is 4.79 Å². The van der Waals surface area contributed by atoms with Gasteiger partial charge in [-0.1, -0.05) is 34.6 Å². The predicted octanol–water partition coefficient (Wildman–Crippen LogP) is 3.89. The highest BCUT2D eigenvalue weighted by atomic mass is 16.2. The van der Waals surface area contributed by atoms with Gasteiger partial charge in [-0.25, -0.2) is 4.79 Å². The summed E-state index contributed by atoms with van der Waals surface area (Å²) in [4.78, 5) is 13.6. The van der Waals surface area contributed by atoms with Crippen LogP contribution in [0.5, 0.6) is 0 Å². The van der Waals surface area contributed by atoms with Crippen molar-refractivity contribution in [2.45, 2.75) is 73.9 Å². The van der Waals surface area contributed by atoms with E-state index in [1.807, 2.05) is 48.6 Å². The number of amides is 2. The fourth-order valence-electron chi connectivity index (χ4n) is 0.803. The second-order valence-electron chi connectivity index (χ2n) is 6.27. The lowest BCUT2D eigenvalue weighted by atomic mass is 9.88. The Bertz CT molecular complexity index is 223. The summed E-state index contributed by atoms with van der Waals surface area (Å²) in [7, 11) is 1.82. The second-order valence-corrected chi connectivity index (χ2v) is 6.27. The van der Waals surface area contributed by atoms with E-state index in [1.54, 1.807) is 4.90 Å². The number of rotatable bonds is 1. The third-order valence-electron chi connectivity index (χ3n) is 2.95. The molecule has 0 radical (unpaired) electrons. The average Bonchev–Trinajstić information content (AvgIpc) is 2.16. The lowest BCUT2D eigenvalue weighted by molar-refractivity contribution is 0.154. The third-order valence-corrected chi connectivity index (χ3v) is 2.95. The summed E-state index contributed by atoms with van der Waals surface area (Å²) in [5.74, 6) is 0. The van der Waals surface area contributed by atoms with Gasteiger partial charge in [-0.3, -0.25) is 0 Å². The molecule has 104 valence electrons. The van der Waals surface area contributed by atoms with E-state index in [0.717, 1.165) is 0 Å². The number of carbonyl (C=O) groups excluding carboxylic acids is 1. The number of nitrogens with zero attached hydrogens (tertiary/aromatic N) is 1. The van der Waals surface area contributed by atoms with Crippen molar-refractivity contribution in [3.05, 3.63) is 0 Å². The minimum atomic E-state index is -0.137. The molecule has 0 aliphatic rings. The molecule has 17 heavy (non-hydrogen) atoms. The van der Waals surface area contributed by atoms with Gasteiger partial charge in [-0.15, -0.1) is 0 Å². The molecule has 3 heteroatoms. The first-order chi connectivity index (χ1) is 7.46. The Labute approximate surface area is 108 Å². The zero-order valence-electron chi connectivity index (χ0n) is 13.4. The van der Waals surface area contributed by atoms with Crippen LogP contribution in [0.4, 0.5) is 4.79 Å². The number of carbonyl (C=O) groups is 1. The Kier molecular flexibility index (Phi) is 7.53. The standard InChI is InChI=1S/C12H26N2O.C2H6/c1-9(11(2,3)4)13-10(15)14(8)12(5,6)7;1-2/h9H,1-8H3,(H,13,15);1-2H3. The fraction of sp³-hybridized carbons (Fsp3) is 0.929. The van der Waals surface area contributed by atoms with E-state index in [9.17, 15) is 4.79 Å². The summed E-state index contributed by atoms with van der Waals surface area (Å²) >= 11 is 0. The Balaban J connectivity index is 0. The maximum absolute atomic E-state index is 11.9. The van der Waals surface area contributed by atoms with Crippen LogP contribution in [0.1, 0.15) is 62.3 Å². The summed E-state index contributed by atoms with van der Waals surface area (Å²) < 4.78 is 0. The van der Waals surface area contributed by atoms with Crippen LogP contribution < -0.4 is 5.32 Å². The molecule has 0 spiro atoms. The van der Waals surface area contributed by atoms with Gasteiger partial charge in [0.05, 0.1) is 0 Å². The Morgan fingerprint density at radius 1 is 1.06 bits per heavy atom. The highest BCUT2D eigenvalue weighted by molar-refractivity contribution is 5.75. The van der Waals surface area contributed by atoms with Crippen LogP contribution in [0.15, 0.2) is 0 Å². The molecule has 2 amide bonds. The molecule has 0 aromatic carbocycles. The third kappa shape index (κ3) is 7.24. The lowest BCUT2D eigenvalue weighted by Crippen LogP contribution is -2.52. The van der Waals surface area contributed by atoms with Crippen molar-refractivity contribution in [3.63, 3.8) is 0 Å². The Hall–Kier alpha value is -0.730. The molecule has 0 aliphatic carbocycles. The molecular weight excluding hydrogens is 212 g/mol. The summed E-state index contributed by atoms with van der Waals surface area (Å²) in [6.07, 6.45) is 0. The summed E-state index contributed by atoms with van der Waals surface area (Å²) in [5, 5.41) is 3.01. The largest absolute Gasteiger partial charge is 0.335 e. The minimum Gasteiger partial charge on any atom is -0.335 e. The van der Waals surface area contributed by atoms with Crippen LogP contribution in [-0.2, 0) is 0 Å². The zero-order chi connectivity index (χ0) is 14.4. The van der Waals surface area contributed by atoms with Gasteiger partial charge in [-0.2, -0.15) is 0 Å². The van der Waals surface area contributed by atoms with Gasteiger partial charge in [0.15, 0.2) is 0 Å². The molecule has 0 bridgehead atoms. The molecule has 0 aliphatic heterocycles. The van der Waals surface area contributed by atoms with Crippen molar-refractivity contribution in [1.29, 1.82) is 0 Å². The monoisotopic (exact) mass is 244 g/mol. The van der Waals surface area contributed by atoms with E-state index in [2.05, 4.69) is 26.1 Å². The normalized spacial score (nSPS) is 13.3. The van der Waals surface area contributed by atoms with Crippen LogP contribution in [0.3, 0.4) is 0 Å². The Morgan fingerprint density at radius 2 is 1.41 bits per heavy atom. The smallest absolute Gasteiger partial charge is 0.317 e. The van der Waals surface area contributed by atoms with E-state index in [1.165, 1.54) is 0 Å². The molecule has 1 atom stereocenters. The van der Waals surface area contributed by atoms with Crippen LogP contribution in [0, 0.1) is 5.41 Å². The molecule has 0 heterocycles. The zero-order valence-corrected chi connectivity index (χ0v) is 13.4. The molecule has 3 nitrogen and oxygen atoms in total. The van der Waals surface area contributed by atoms with Crippen molar-refractivity contribution in [2.75, 3.05) is 7.05 Å². The molecule has 0 saturated carbocycles. The highest BCUT2D eigenvalue weighted by Crippen LogP contribution is 2.19. The van der Waals surface area contributed by atoms with Crippen LogP contribution in [-0.4, -0.2) is 29.6 Å². The first-order valence-corrected chi connectivity index (χ1v) is 6.50. The van der Waals surface area contributed by atoms with E-state index in [-0.39, 0.29) is 23.0 Å². The van der Waals surface area contributed by atoms with Crippen molar-refractivity contribution in [3.8, 4) is 0 Å². The van der Waals surface area contributed by atoms with Gasteiger partial charge in [-0.05, 0) is 33.1 Å². The SMILES string of the molecule is CC.CC(NC(=O)N(C)C(C)(C)C)C(C)(C)C. The van der Waals surface area contributed by atoms with Crippen LogP contribution in [0.25, 0.3) is 0 Å². The van der Waals surface area contributed by atoms with Crippen LogP contribution >= 0.6 is 0 Å². The topological polar surface area (TPSA) is 32.3 Å². The molecule has 0 fully saturated rings. The van der Waals surface area contributed by atoms with Crippen LogP contribution in [0.2, 0.25) is 0 Å². The fourth-order valence-corrected chi connectivity index (χ4v) is 0.803. The molecule has 0 aromatic rings. The minimum absolute atomic E-state index is 0.00933. The summed E-state index contributed by atoms with van der Waals surface area (Å²) in [6.45, 7) is 18.5. The Morgan fingerprint density at radius 3 is 1.65 bits per heavy atom. The van der Waals surface area contributed by atoms with Gasteiger partial charge in [0.25, 0.3) is 0 Å². The maximum atomic E-state index is 11.9. The molecule has 0 aromatic heterocycles. The summed E-state index contributed by atoms with van der Waals surface area (Å²) in [6, 6.07) is 0.153. The molecular formula is C14H32N2O. The van der Waals surface area contributed by atoms with Gasteiger partial charge < -0.3 is 10.2 Å². The van der Waals surface area contributed by atoms with Gasteiger partial charge in [0.1, 0.15) is 0 Å².